The van der Waals surface area contributed by atoms with Crippen LogP contribution in [0, 0.1) is 13.8 Å². The number of rotatable bonds is 9. The molecule has 154 valence electrons. The summed E-state index contributed by atoms with van der Waals surface area (Å²) in [5.74, 6) is 0.919. The van der Waals surface area contributed by atoms with Crippen molar-refractivity contribution in [2.24, 2.45) is 0 Å². The number of carbonyl (C=O) groups excluding carboxylic acids is 1. The Hall–Kier alpha value is -1.06. The SMILES string of the molecule is CCCCCCOc1cc(C)c(PC(=O)c2ccc(C(C)(C)C)cc2)c(C)c1.[LiH]. The van der Waals surface area contributed by atoms with E-state index >= 15 is 0 Å². The molecule has 4 heteroatoms. The Kier molecular flexibility index (Phi) is 10.7. The average molecular weight is 406 g/mol. The Bertz CT molecular complexity index is 768. The van der Waals surface area contributed by atoms with E-state index in [0.717, 1.165) is 40.8 Å². The van der Waals surface area contributed by atoms with Gasteiger partial charge in [-0.3, -0.25) is 4.79 Å². The Labute approximate surface area is 191 Å². The third-order valence-corrected chi connectivity index (χ3v) is 6.58. The van der Waals surface area contributed by atoms with Crippen LogP contribution in [0.25, 0.3) is 0 Å². The molecule has 2 nitrogen and oxygen atoms in total. The second-order valence-electron chi connectivity index (χ2n) is 8.62. The summed E-state index contributed by atoms with van der Waals surface area (Å²) in [5, 5.41) is 1.14. The van der Waals surface area contributed by atoms with Crippen molar-refractivity contribution < 1.29 is 9.53 Å². The second-order valence-corrected chi connectivity index (χ2v) is 9.83. The number of unbranched alkanes of at least 4 members (excludes halogenated alkanes) is 3. The molecule has 2 aromatic rings. The van der Waals surface area contributed by atoms with Crippen molar-refractivity contribution in [2.45, 2.75) is 72.6 Å². The van der Waals surface area contributed by atoms with Gasteiger partial charge in [-0.2, -0.15) is 0 Å². The summed E-state index contributed by atoms with van der Waals surface area (Å²) >= 11 is 0. The van der Waals surface area contributed by atoms with Crippen LogP contribution in [0.3, 0.4) is 0 Å². The third kappa shape index (κ3) is 7.94. The van der Waals surface area contributed by atoms with Crippen molar-refractivity contribution in [2.75, 3.05) is 6.61 Å². The van der Waals surface area contributed by atoms with Gasteiger partial charge in [-0.25, -0.2) is 0 Å². The predicted molar refractivity (Wildman–Crippen MR) is 130 cm³/mol. The molecule has 0 radical (unpaired) electrons. The van der Waals surface area contributed by atoms with E-state index in [0.29, 0.717) is 0 Å². The summed E-state index contributed by atoms with van der Waals surface area (Å²) in [4.78, 5) is 12.8. The third-order valence-electron chi connectivity index (χ3n) is 5.02. The first-order valence-electron chi connectivity index (χ1n) is 10.4. The molecule has 0 heterocycles. The maximum absolute atomic E-state index is 12.8. The van der Waals surface area contributed by atoms with E-state index in [-0.39, 0.29) is 38.4 Å². The fourth-order valence-electron chi connectivity index (χ4n) is 3.23. The van der Waals surface area contributed by atoms with Crippen molar-refractivity contribution in [1.29, 1.82) is 0 Å². The zero-order chi connectivity index (χ0) is 20.7. The fraction of sp³-hybridized carbons (Fsp3) is 0.480. The van der Waals surface area contributed by atoms with E-state index in [9.17, 15) is 4.79 Å². The van der Waals surface area contributed by atoms with E-state index in [2.05, 4.69) is 65.8 Å². The van der Waals surface area contributed by atoms with E-state index in [4.69, 9.17) is 4.74 Å². The van der Waals surface area contributed by atoms with E-state index in [1.165, 1.54) is 24.8 Å². The molecule has 29 heavy (non-hydrogen) atoms. The molecule has 0 N–H and O–H groups in total. The van der Waals surface area contributed by atoms with Crippen LogP contribution in [0.4, 0.5) is 0 Å². The van der Waals surface area contributed by atoms with Crippen molar-refractivity contribution in [3.63, 3.8) is 0 Å². The predicted octanol–water partition coefficient (Wildman–Crippen LogP) is 6.06. The molecule has 0 aromatic heterocycles. The summed E-state index contributed by atoms with van der Waals surface area (Å²) < 4.78 is 5.92. The Balaban J connectivity index is 0.00000420. The van der Waals surface area contributed by atoms with Crippen LogP contribution >= 0.6 is 8.58 Å². The van der Waals surface area contributed by atoms with E-state index < -0.39 is 0 Å². The standard InChI is InChI=1S/C25H35O2P.Li.H/c1-7-8-9-10-15-27-22-16-18(2)23(19(3)17-22)28-24(26)20-11-13-21(14-12-20)25(4,5)6;;/h11-14,16-17,28H,7-10,15H2,1-6H3;;. The van der Waals surface area contributed by atoms with Gasteiger partial charge < -0.3 is 4.74 Å². The van der Waals surface area contributed by atoms with Gasteiger partial charge in [0, 0.05) is 5.56 Å². The quantitative estimate of drug-likeness (QED) is 0.288. The molecule has 0 aliphatic carbocycles. The molecule has 0 saturated heterocycles. The summed E-state index contributed by atoms with van der Waals surface area (Å²) in [7, 11) is 0.141. The van der Waals surface area contributed by atoms with Crippen molar-refractivity contribution >= 4 is 38.3 Å². The number of hydrogen-bond donors (Lipinski definition) is 0. The van der Waals surface area contributed by atoms with Gasteiger partial charge in [-0.1, -0.05) is 71.2 Å². The summed E-state index contributed by atoms with van der Waals surface area (Å²) in [6.07, 6.45) is 4.82. The first-order chi connectivity index (χ1) is 13.2. The summed E-state index contributed by atoms with van der Waals surface area (Å²) in [5.41, 5.74) is 4.62. The molecule has 2 rings (SSSR count). The summed E-state index contributed by atoms with van der Waals surface area (Å²) in [6, 6.07) is 12.2. The summed E-state index contributed by atoms with van der Waals surface area (Å²) in [6.45, 7) is 13.7. The number of benzene rings is 2. The van der Waals surface area contributed by atoms with Crippen LogP contribution in [0.15, 0.2) is 36.4 Å². The number of aryl methyl sites for hydroxylation is 2. The zero-order valence-corrected chi connectivity index (χ0v) is 19.3. The van der Waals surface area contributed by atoms with Crippen LogP contribution < -0.4 is 10.0 Å². The van der Waals surface area contributed by atoms with Crippen LogP contribution in [0.5, 0.6) is 5.75 Å². The van der Waals surface area contributed by atoms with Crippen molar-refractivity contribution in [3.8, 4) is 5.75 Å². The molecule has 0 bridgehead atoms. The zero-order valence-electron chi connectivity index (χ0n) is 18.3. The van der Waals surface area contributed by atoms with Crippen molar-refractivity contribution in [1.82, 2.24) is 0 Å². The molecule has 0 aliphatic rings. The second kappa shape index (κ2) is 12.0. The number of hydrogen-bond acceptors (Lipinski definition) is 2. The van der Waals surface area contributed by atoms with E-state index in [1.54, 1.807) is 0 Å². The Morgan fingerprint density at radius 2 is 1.55 bits per heavy atom. The first kappa shape index (κ1) is 26.0. The topological polar surface area (TPSA) is 26.3 Å². The van der Waals surface area contributed by atoms with Gasteiger partial charge in [-0.15, -0.1) is 0 Å². The van der Waals surface area contributed by atoms with Gasteiger partial charge in [0.25, 0.3) is 0 Å². The van der Waals surface area contributed by atoms with Gasteiger partial charge in [0.05, 0.1) is 6.61 Å². The normalized spacial score (nSPS) is 11.5. The van der Waals surface area contributed by atoms with Gasteiger partial charge >= 0.3 is 18.9 Å². The van der Waals surface area contributed by atoms with Gasteiger partial charge in [-0.05, 0) is 68.4 Å². The Morgan fingerprint density at radius 3 is 2.07 bits per heavy atom. The molecular weight excluding hydrogens is 370 g/mol. The van der Waals surface area contributed by atoms with Crippen LogP contribution in [0.1, 0.15) is 80.4 Å². The van der Waals surface area contributed by atoms with Crippen LogP contribution in [-0.2, 0) is 5.41 Å². The average Bonchev–Trinajstić information content (AvgIpc) is 2.64. The molecule has 2 aromatic carbocycles. The molecular formula is C25H36LiO2P. The molecule has 1 atom stereocenters. The maximum atomic E-state index is 12.8. The number of carbonyl (C=O) groups is 1. The minimum atomic E-state index is 0. The molecule has 0 fully saturated rings. The van der Waals surface area contributed by atoms with Gasteiger partial charge in [0.2, 0.25) is 0 Å². The van der Waals surface area contributed by atoms with Gasteiger partial charge in [0.1, 0.15) is 5.75 Å². The monoisotopic (exact) mass is 406 g/mol. The van der Waals surface area contributed by atoms with E-state index in [1.807, 2.05) is 12.1 Å². The van der Waals surface area contributed by atoms with Crippen molar-refractivity contribution in [3.05, 3.63) is 58.7 Å². The fourth-order valence-corrected chi connectivity index (χ4v) is 4.31. The number of ether oxygens (including phenoxy) is 1. The molecule has 0 aliphatic heterocycles. The van der Waals surface area contributed by atoms with Crippen LogP contribution in [-0.4, -0.2) is 31.0 Å². The molecule has 0 spiro atoms. The molecule has 0 amide bonds. The first-order valence-corrected chi connectivity index (χ1v) is 11.4. The molecule has 0 saturated carbocycles. The van der Waals surface area contributed by atoms with Crippen LogP contribution in [0.2, 0.25) is 0 Å². The minimum absolute atomic E-state index is 0. The molecule has 1 unspecified atom stereocenters. The Morgan fingerprint density at radius 1 is 0.966 bits per heavy atom. The van der Waals surface area contributed by atoms with Gasteiger partial charge in [0.15, 0.2) is 5.52 Å².